The molecule has 0 saturated heterocycles. The van der Waals surface area contributed by atoms with Crippen LogP contribution in [0.1, 0.15) is 36.5 Å². The van der Waals surface area contributed by atoms with E-state index in [9.17, 15) is 14.9 Å². The fraction of sp³-hybridized carbons (Fsp3) is 0.300. The molecule has 28 heavy (non-hydrogen) atoms. The Bertz CT molecular complexity index is 912. The molecule has 1 amide bonds. The Labute approximate surface area is 169 Å². The molecule has 2 aromatic rings. The van der Waals surface area contributed by atoms with Crippen LogP contribution in [0, 0.1) is 24.0 Å². The summed E-state index contributed by atoms with van der Waals surface area (Å²) >= 11 is 5.11. The number of amides is 1. The molecule has 0 aliphatic carbocycles. The van der Waals surface area contributed by atoms with Crippen molar-refractivity contribution in [1.82, 2.24) is 5.32 Å². The van der Waals surface area contributed by atoms with Gasteiger partial charge in [-0.2, -0.15) is 0 Å². The Morgan fingerprint density at radius 2 is 1.89 bits per heavy atom. The van der Waals surface area contributed by atoms with Gasteiger partial charge < -0.3 is 10.1 Å². The van der Waals surface area contributed by atoms with Crippen LogP contribution in [0.25, 0.3) is 0 Å². The topological polar surface area (TPSA) is 93.5 Å². The van der Waals surface area contributed by atoms with Crippen LogP contribution in [0.5, 0.6) is 5.75 Å². The zero-order valence-corrected chi connectivity index (χ0v) is 17.1. The highest BCUT2D eigenvalue weighted by Crippen LogP contribution is 2.23. The molecule has 2 aromatic carbocycles. The number of rotatable bonds is 6. The van der Waals surface area contributed by atoms with E-state index in [-0.39, 0.29) is 17.4 Å². The van der Waals surface area contributed by atoms with Crippen molar-refractivity contribution >= 4 is 34.6 Å². The number of non-ortho nitro benzene ring substituents is 1. The lowest BCUT2D eigenvalue weighted by atomic mass is 9.98. The molecule has 0 saturated carbocycles. The molecule has 148 valence electrons. The van der Waals surface area contributed by atoms with E-state index >= 15 is 0 Å². The smallest absolute Gasteiger partial charge is 0.271 e. The lowest BCUT2D eigenvalue weighted by Crippen LogP contribution is -2.37. The molecule has 0 unspecified atom stereocenters. The van der Waals surface area contributed by atoms with Crippen molar-refractivity contribution in [3.05, 3.63) is 63.2 Å². The van der Waals surface area contributed by atoms with E-state index in [1.165, 1.54) is 17.7 Å². The van der Waals surface area contributed by atoms with Gasteiger partial charge >= 0.3 is 0 Å². The number of anilines is 1. The fourth-order valence-electron chi connectivity index (χ4n) is 2.71. The first kappa shape index (κ1) is 21.3. The third kappa shape index (κ3) is 5.75. The maximum absolute atomic E-state index is 12.1. The molecule has 0 spiro atoms. The molecule has 2 N–H and O–H groups in total. The molecular weight excluding hydrogens is 378 g/mol. The SMILES string of the molecule is Cc1ccc([N+](=O)[O-])cc1NC(=S)NC(=O)COc1ccc(C(C)C)c(C)c1. The van der Waals surface area contributed by atoms with Gasteiger partial charge in [-0.05, 0) is 60.8 Å². The predicted octanol–water partition coefficient (Wildman–Crippen LogP) is 4.23. The Morgan fingerprint density at radius 3 is 2.50 bits per heavy atom. The number of carbonyl (C=O) groups excluding carboxylic acids is 1. The maximum Gasteiger partial charge on any atom is 0.271 e. The van der Waals surface area contributed by atoms with Crippen molar-refractivity contribution < 1.29 is 14.5 Å². The molecule has 0 aliphatic rings. The highest BCUT2D eigenvalue weighted by atomic mass is 32.1. The minimum absolute atomic E-state index is 0.0449. The lowest BCUT2D eigenvalue weighted by Gasteiger charge is -2.13. The molecule has 8 heteroatoms. The van der Waals surface area contributed by atoms with Crippen LogP contribution in [0.4, 0.5) is 11.4 Å². The van der Waals surface area contributed by atoms with Crippen molar-refractivity contribution in [1.29, 1.82) is 0 Å². The number of nitro benzene ring substituents is 1. The molecule has 0 aliphatic heterocycles. The van der Waals surface area contributed by atoms with Crippen molar-refractivity contribution in [3.8, 4) is 5.75 Å². The Kier molecular flexibility index (Phi) is 7.06. The molecule has 0 radical (unpaired) electrons. The molecule has 7 nitrogen and oxygen atoms in total. The first-order valence-corrected chi connectivity index (χ1v) is 9.17. The van der Waals surface area contributed by atoms with Gasteiger partial charge in [-0.1, -0.05) is 26.0 Å². The van der Waals surface area contributed by atoms with E-state index in [1.54, 1.807) is 13.0 Å². The Morgan fingerprint density at radius 1 is 1.18 bits per heavy atom. The van der Waals surface area contributed by atoms with Gasteiger partial charge in [0.1, 0.15) is 5.75 Å². The van der Waals surface area contributed by atoms with Crippen LogP contribution in [-0.2, 0) is 4.79 Å². The van der Waals surface area contributed by atoms with Crippen LogP contribution < -0.4 is 15.4 Å². The number of benzene rings is 2. The number of hydrogen-bond acceptors (Lipinski definition) is 5. The van der Waals surface area contributed by atoms with E-state index in [1.807, 2.05) is 25.1 Å². The summed E-state index contributed by atoms with van der Waals surface area (Å²) in [6, 6.07) is 10.1. The summed E-state index contributed by atoms with van der Waals surface area (Å²) in [5.41, 5.74) is 3.49. The molecule has 0 bridgehead atoms. The summed E-state index contributed by atoms with van der Waals surface area (Å²) in [6.45, 7) is 7.82. The molecule has 0 fully saturated rings. The Hall–Kier alpha value is -3.00. The number of nitro groups is 1. The monoisotopic (exact) mass is 401 g/mol. The molecule has 2 rings (SSSR count). The summed E-state index contributed by atoms with van der Waals surface area (Å²) in [4.78, 5) is 22.5. The maximum atomic E-state index is 12.1. The number of nitrogens with zero attached hydrogens (tertiary/aromatic N) is 1. The fourth-order valence-corrected chi connectivity index (χ4v) is 2.93. The number of carbonyl (C=O) groups is 1. The van der Waals surface area contributed by atoms with Crippen LogP contribution in [0.2, 0.25) is 0 Å². The minimum atomic E-state index is -0.493. The van der Waals surface area contributed by atoms with Gasteiger partial charge in [0.25, 0.3) is 11.6 Å². The number of hydrogen-bond donors (Lipinski definition) is 2. The van der Waals surface area contributed by atoms with Crippen LogP contribution >= 0.6 is 12.2 Å². The summed E-state index contributed by atoms with van der Waals surface area (Å²) in [7, 11) is 0. The van der Waals surface area contributed by atoms with E-state index in [0.717, 1.165) is 11.1 Å². The van der Waals surface area contributed by atoms with Crippen molar-refractivity contribution in [2.24, 2.45) is 0 Å². The summed E-state index contributed by atoms with van der Waals surface area (Å²) in [5.74, 6) is 0.592. The molecular formula is C20H23N3O4S. The summed E-state index contributed by atoms with van der Waals surface area (Å²) < 4.78 is 5.52. The second-order valence-corrected chi connectivity index (χ2v) is 7.13. The highest BCUT2D eigenvalue weighted by molar-refractivity contribution is 7.80. The zero-order valence-electron chi connectivity index (χ0n) is 16.2. The standard InChI is InChI=1S/C20H23N3O4S/c1-12(2)17-8-7-16(9-14(17)4)27-11-19(24)22-20(28)21-18-10-15(23(25)26)6-5-13(18)3/h5-10,12H,11H2,1-4H3,(H2,21,22,24,28). The van der Waals surface area contributed by atoms with Gasteiger partial charge in [-0.3, -0.25) is 20.2 Å². The Balaban J connectivity index is 1.91. The third-order valence-corrected chi connectivity index (χ3v) is 4.37. The number of ether oxygens (including phenoxy) is 1. The van der Waals surface area contributed by atoms with Gasteiger partial charge in [0.15, 0.2) is 11.7 Å². The zero-order chi connectivity index (χ0) is 20.8. The first-order valence-electron chi connectivity index (χ1n) is 8.76. The number of aryl methyl sites for hydroxylation is 2. The van der Waals surface area contributed by atoms with E-state index in [0.29, 0.717) is 17.4 Å². The van der Waals surface area contributed by atoms with Crippen LogP contribution in [0.15, 0.2) is 36.4 Å². The second kappa shape index (κ2) is 9.27. The quantitative estimate of drug-likeness (QED) is 0.427. The van der Waals surface area contributed by atoms with Gasteiger partial charge in [0.2, 0.25) is 0 Å². The van der Waals surface area contributed by atoms with Crippen LogP contribution in [0.3, 0.4) is 0 Å². The molecule has 0 aromatic heterocycles. The number of nitrogens with one attached hydrogen (secondary N) is 2. The van der Waals surface area contributed by atoms with Gasteiger partial charge in [0.05, 0.1) is 4.92 Å². The average Bonchev–Trinajstić information content (AvgIpc) is 2.61. The normalized spacial score (nSPS) is 10.5. The average molecular weight is 401 g/mol. The van der Waals surface area contributed by atoms with Crippen LogP contribution in [-0.4, -0.2) is 22.5 Å². The van der Waals surface area contributed by atoms with Gasteiger partial charge in [0, 0.05) is 17.8 Å². The van der Waals surface area contributed by atoms with E-state index in [2.05, 4.69) is 24.5 Å². The molecule has 0 atom stereocenters. The van der Waals surface area contributed by atoms with Crippen molar-refractivity contribution in [2.75, 3.05) is 11.9 Å². The van der Waals surface area contributed by atoms with E-state index in [4.69, 9.17) is 17.0 Å². The van der Waals surface area contributed by atoms with Gasteiger partial charge in [-0.15, -0.1) is 0 Å². The van der Waals surface area contributed by atoms with Crippen molar-refractivity contribution in [3.63, 3.8) is 0 Å². The number of thiocarbonyl (C=S) groups is 1. The van der Waals surface area contributed by atoms with E-state index < -0.39 is 10.8 Å². The highest BCUT2D eigenvalue weighted by Gasteiger charge is 2.12. The minimum Gasteiger partial charge on any atom is -0.484 e. The lowest BCUT2D eigenvalue weighted by molar-refractivity contribution is -0.384. The van der Waals surface area contributed by atoms with Gasteiger partial charge in [-0.25, -0.2) is 0 Å². The van der Waals surface area contributed by atoms with Crippen molar-refractivity contribution in [2.45, 2.75) is 33.6 Å². The molecule has 0 heterocycles. The first-order chi connectivity index (χ1) is 13.2. The summed E-state index contributed by atoms with van der Waals surface area (Å²) in [6.07, 6.45) is 0. The summed E-state index contributed by atoms with van der Waals surface area (Å²) in [5, 5.41) is 16.2. The largest absolute Gasteiger partial charge is 0.484 e. The predicted molar refractivity (Wildman–Crippen MR) is 113 cm³/mol. The third-order valence-electron chi connectivity index (χ3n) is 4.17. The second-order valence-electron chi connectivity index (χ2n) is 6.72.